The summed E-state index contributed by atoms with van der Waals surface area (Å²) < 4.78 is 13.2. The quantitative estimate of drug-likeness (QED) is 0.833. The lowest BCUT2D eigenvalue weighted by Gasteiger charge is -2.26. The van der Waals surface area contributed by atoms with Crippen LogP contribution in [0.2, 0.25) is 0 Å². The van der Waals surface area contributed by atoms with E-state index in [9.17, 15) is 9.18 Å². The van der Waals surface area contributed by atoms with Gasteiger partial charge in [0.05, 0.1) is 0 Å². The Labute approximate surface area is 101 Å². The third kappa shape index (κ3) is 3.44. The van der Waals surface area contributed by atoms with Gasteiger partial charge in [-0.3, -0.25) is 0 Å². The molecule has 0 atom stereocenters. The molecule has 4 heteroatoms. The van der Waals surface area contributed by atoms with Crippen molar-refractivity contribution in [2.45, 2.75) is 26.2 Å². The van der Waals surface area contributed by atoms with E-state index >= 15 is 0 Å². The van der Waals surface area contributed by atoms with Gasteiger partial charge in [0.15, 0.2) is 0 Å². The van der Waals surface area contributed by atoms with Gasteiger partial charge in [-0.25, -0.2) is 9.18 Å². The van der Waals surface area contributed by atoms with Crippen molar-refractivity contribution in [2.24, 2.45) is 0 Å². The number of hydrogen-bond acceptors (Lipinski definition) is 1. The van der Waals surface area contributed by atoms with Crippen molar-refractivity contribution in [3.05, 3.63) is 35.1 Å². The minimum atomic E-state index is -0.231. The number of aryl methyl sites for hydroxylation is 1. The van der Waals surface area contributed by atoms with E-state index in [1.165, 1.54) is 6.07 Å². The van der Waals surface area contributed by atoms with Crippen LogP contribution in [0.25, 0.3) is 0 Å². The first-order valence-corrected chi connectivity index (χ1v) is 5.59. The van der Waals surface area contributed by atoms with Crippen molar-refractivity contribution in [3.63, 3.8) is 0 Å². The normalized spacial score (nSPS) is 11.1. The summed E-state index contributed by atoms with van der Waals surface area (Å²) >= 11 is 0. The van der Waals surface area contributed by atoms with E-state index in [2.05, 4.69) is 10.6 Å². The Morgan fingerprint density at radius 2 is 2.06 bits per heavy atom. The number of carbonyl (C=O) groups excluding carboxylic acids is 1. The maximum atomic E-state index is 13.2. The monoisotopic (exact) mass is 238 g/mol. The molecule has 0 aliphatic heterocycles. The summed E-state index contributed by atoms with van der Waals surface area (Å²) in [5, 5.41) is 5.26. The SMILES string of the molecule is CNC(=O)NCC(C)(C)c1ccc(F)c(C)c1. The molecule has 94 valence electrons. The molecule has 3 nitrogen and oxygen atoms in total. The predicted molar refractivity (Wildman–Crippen MR) is 66.6 cm³/mol. The van der Waals surface area contributed by atoms with E-state index in [0.717, 1.165) is 5.56 Å². The molecule has 0 aliphatic rings. The van der Waals surface area contributed by atoms with Crippen LogP contribution in [0.15, 0.2) is 18.2 Å². The van der Waals surface area contributed by atoms with E-state index in [4.69, 9.17) is 0 Å². The maximum Gasteiger partial charge on any atom is 0.314 e. The van der Waals surface area contributed by atoms with Gasteiger partial charge < -0.3 is 10.6 Å². The number of hydrogen-bond donors (Lipinski definition) is 2. The first-order chi connectivity index (χ1) is 7.86. The fourth-order valence-corrected chi connectivity index (χ4v) is 1.56. The Hall–Kier alpha value is -1.58. The second-order valence-corrected chi connectivity index (χ2v) is 4.78. The minimum absolute atomic E-state index is 0.205. The summed E-state index contributed by atoms with van der Waals surface area (Å²) in [4.78, 5) is 11.1. The Morgan fingerprint density at radius 1 is 1.41 bits per heavy atom. The second kappa shape index (κ2) is 5.17. The number of urea groups is 1. The van der Waals surface area contributed by atoms with Gasteiger partial charge in [-0.15, -0.1) is 0 Å². The predicted octanol–water partition coefficient (Wildman–Crippen LogP) is 2.34. The molecule has 1 rings (SSSR count). The lowest BCUT2D eigenvalue weighted by Crippen LogP contribution is -2.41. The highest BCUT2D eigenvalue weighted by atomic mass is 19.1. The Morgan fingerprint density at radius 3 is 2.59 bits per heavy atom. The number of benzene rings is 1. The molecule has 2 amide bonds. The van der Waals surface area contributed by atoms with Crippen molar-refractivity contribution in [1.29, 1.82) is 0 Å². The number of carbonyl (C=O) groups is 1. The molecule has 0 saturated carbocycles. The molecule has 17 heavy (non-hydrogen) atoms. The van der Waals surface area contributed by atoms with Crippen LogP contribution >= 0.6 is 0 Å². The third-order valence-corrected chi connectivity index (χ3v) is 2.86. The van der Waals surface area contributed by atoms with Crippen molar-refractivity contribution in [2.75, 3.05) is 13.6 Å². The van der Waals surface area contributed by atoms with Crippen molar-refractivity contribution in [1.82, 2.24) is 10.6 Å². The number of amides is 2. The van der Waals surface area contributed by atoms with Gasteiger partial charge in [-0.2, -0.15) is 0 Å². The van der Waals surface area contributed by atoms with Crippen LogP contribution < -0.4 is 10.6 Å². The Balaban J connectivity index is 2.81. The standard InChI is InChI=1S/C13H19FN2O/c1-9-7-10(5-6-11(9)14)13(2,3)8-16-12(17)15-4/h5-7H,8H2,1-4H3,(H2,15,16,17). The zero-order valence-corrected chi connectivity index (χ0v) is 10.7. The molecule has 0 fully saturated rings. The molecule has 2 N–H and O–H groups in total. The summed E-state index contributed by atoms with van der Waals surface area (Å²) in [6, 6.07) is 4.83. The maximum absolute atomic E-state index is 13.2. The fourth-order valence-electron chi connectivity index (χ4n) is 1.56. The first-order valence-electron chi connectivity index (χ1n) is 5.59. The van der Waals surface area contributed by atoms with Gasteiger partial charge in [0, 0.05) is 19.0 Å². The van der Waals surface area contributed by atoms with Gasteiger partial charge in [0.1, 0.15) is 5.82 Å². The van der Waals surface area contributed by atoms with Crippen LogP contribution in [0.1, 0.15) is 25.0 Å². The zero-order chi connectivity index (χ0) is 13.1. The largest absolute Gasteiger partial charge is 0.341 e. The average molecular weight is 238 g/mol. The molecule has 0 saturated heterocycles. The van der Waals surface area contributed by atoms with Crippen molar-refractivity contribution >= 4 is 6.03 Å². The number of nitrogens with one attached hydrogen (secondary N) is 2. The molecule has 0 spiro atoms. The Kier molecular flexibility index (Phi) is 4.10. The minimum Gasteiger partial charge on any atom is -0.341 e. The molecule has 0 bridgehead atoms. The van der Waals surface area contributed by atoms with Crippen LogP contribution in [0.3, 0.4) is 0 Å². The van der Waals surface area contributed by atoms with Gasteiger partial charge in [-0.05, 0) is 24.1 Å². The van der Waals surface area contributed by atoms with Gasteiger partial charge in [0.2, 0.25) is 0 Å². The highest BCUT2D eigenvalue weighted by Crippen LogP contribution is 2.24. The smallest absolute Gasteiger partial charge is 0.314 e. The summed E-state index contributed by atoms with van der Waals surface area (Å²) in [7, 11) is 1.57. The molecule has 0 heterocycles. The van der Waals surface area contributed by atoms with E-state index in [0.29, 0.717) is 12.1 Å². The summed E-state index contributed by atoms with van der Waals surface area (Å²) in [5.41, 5.74) is 1.40. The van der Waals surface area contributed by atoms with Gasteiger partial charge in [0.25, 0.3) is 0 Å². The summed E-state index contributed by atoms with van der Waals surface area (Å²) in [5.74, 6) is -0.205. The highest BCUT2D eigenvalue weighted by molar-refractivity contribution is 5.73. The molecule has 0 aromatic heterocycles. The second-order valence-electron chi connectivity index (χ2n) is 4.78. The number of rotatable bonds is 3. The molecule has 1 aromatic rings. The molecule has 0 radical (unpaired) electrons. The lowest BCUT2D eigenvalue weighted by atomic mass is 9.84. The fraction of sp³-hybridized carbons (Fsp3) is 0.462. The molecular weight excluding hydrogens is 219 g/mol. The van der Waals surface area contributed by atoms with Crippen LogP contribution in [0.4, 0.5) is 9.18 Å². The zero-order valence-electron chi connectivity index (χ0n) is 10.7. The molecular formula is C13H19FN2O. The Bertz CT molecular complexity index is 416. The van der Waals surface area contributed by atoms with E-state index in [1.807, 2.05) is 19.9 Å². The third-order valence-electron chi connectivity index (χ3n) is 2.86. The molecule has 0 aliphatic carbocycles. The van der Waals surface area contributed by atoms with E-state index < -0.39 is 0 Å². The van der Waals surface area contributed by atoms with Crippen molar-refractivity contribution in [3.8, 4) is 0 Å². The van der Waals surface area contributed by atoms with Crippen LogP contribution in [0, 0.1) is 12.7 Å². The van der Waals surface area contributed by atoms with E-state index in [1.54, 1.807) is 20.0 Å². The van der Waals surface area contributed by atoms with Crippen LogP contribution in [-0.4, -0.2) is 19.6 Å². The van der Waals surface area contributed by atoms with Crippen LogP contribution in [0.5, 0.6) is 0 Å². The molecule has 1 aromatic carbocycles. The van der Waals surface area contributed by atoms with Gasteiger partial charge in [-0.1, -0.05) is 26.0 Å². The van der Waals surface area contributed by atoms with E-state index in [-0.39, 0.29) is 17.3 Å². The summed E-state index contributed by atoms with van der Waals surface area (Å²) in [6.45, 7) is 6.25. The lowest BCUT2D eigenvalue weighted by molar-refractivity contribution is 0.240. The highest BCUT2D eigenvalue weighted by Gasteiger charge is 2.21. The molecule has 0 unspecified atom stereocenters. The average Bonchev–Trinajstić information content (AvgIpc) is 2.29. The first kappa shape index (κ1) is 13.5. The van der Waals surface area contributed by atoms with Crippen molar-refractivity contribution < 1.29 is 9.18 Å². The number of halogens is 1. The van der Waals surface area contributed by atoms with Gasteiger partial charge >= 0.3 is 6.03 Å². The summed E-state index contributed by atoms with van der Waals surface area (Å²) in [6.07, 6.45) is 0. The van der Waals surface area contributed by atoms with Crippen LogP contribution in [-0.2, 0) is 5.41 Å². The topological polar surface area (TPSA) is 41.1 Å².